The molecule has 0 aliphatic heterocycles. The Morgan fingerprint density at radius 2 is 2.18 bits per heavy atom. The molecule has 0 bridgehead atoms. The average molecular weight is 157 g/mol. The second kappa shape index (κ2) is 3.22. The highest BCUT2D eigenvalue weighted by Gasteiger charge is 2.31. The summed E-state index contributed by atoms with van der Waals surface area (Å²) in [6.45, 7) is 1.78. The first kappa shape index (κ1) is 8.53. The van der Waals surface area contributed by atoms with Gasteiger partial charge in [-0.1, -0.05) is 0 Å². The van der Waals surface area contributed by atoms with E-state index in [1.807, 2.05) is 7.05 Å². The van der Waals surface area contributed by atoms with Crippen molar-refractivity contribution in [3.8, 4) is 0 Å². The Bertz CT molecular complexity index is 154. The molecule has 0 aromatic rings. The molecule has 0 aromatic carbocycles. The van der Waals surface area contributed by atoms with Crippen LogP contribution >= 0.6 is 0 Å². The molecule has 0 aromatic heterocycles. The zero-order valence-corrected chi connectivity index (χ0v) is 7.33. The molecule has 0 heterocycles. The van der Waals surface area contributed by atoms with Crippen molar-refractivity contribution in [1.29, 1.82) is 0 Å². The number of methoxy groups -OCH3 is 1. The lowest BCUT2D eigenvalue weighted by Gasteiger charge is -2.19. The maximum absolute atomic E-state index is 11.4. The normalized spacial score (nSPS) is 19.5. The van der Waals surface area contributed by atoms with Crippen molar-refractivity contribution in [3.05, 3.63) is 0 Å². The fraction of sp³-hybridized carbons (Fsp3) is 0.875. The second-order valence-electron chi connectivity index (χ2n) is 3.06. The molecule has 3 nitrogen and oxygen atoms in total. The quantitative estimate of drug-likeness (QED) is 0.601. The summed E-state index contributed by atoms with van der Waals surface area (Å²) in [6, 6.07) is 0.486. The molecule has 1 aliphatic rings. The third-order valence-electron chi connectivity index (χ3n) is 2.14. The Morgan fingerprint density at radius 1 is 1.64 bits per heavy atom. The topological polar surface area (TPSA) is 29.5 Å². The summed E-state index contributed by atoms with van der Waals surface area (Å²) in [6.07, 6.45) is 2.01. The summed E-state index contributed by atoms with van der Waals surface area (Å²) in [5.74, 6) is 0.0926. The third kappa shape index (κ3) is 1.93. The highest BCUT2D eigenvalue weighted by atomic mass is 16.5. The van der Waals surface area contributed by atoms with Crippen molar-refractivity contribution in [2.24, 2.45) is 0 Å². The van der Waals surface area contributed by atoms with Gasteiger partial charge in [-0.25, -0.2) is 0 Å². The first-order valence-electron chi connectivity index (χ1n) is 3.96. The van der Waals surface area contributed by atoms with Gasteiger partial charge in [0.1, 0.15) is 6.10 Å². The second-order valence-corrected chi connectivity index (χ2v) is 3.06. The summed E-state index contributed by atoms with van der Waals surface area (Å²) in [7, 11) is 3.40. The van der Waals surface area contributed by atoms with E-state index in [-0.39, 0.29) is 12.0 Å². The molecule has 0 spiro atoms. The van der Waals surface area contributed by atoms with Crippen LogP contribution in [0.5, 0.6) is 0 Å². The van der Waals surface area contributed by atoms with E-state index in [0.717, 1.165) is 12.8 Å². The number of ether oxygens (including phenoxy) is 1. The molecular weight excluding hydrogens is 142 g/mol. The summed E-state index contributed by atoms with van der Waals surface area (Å²) >= 11 is 0. The van der Waals surface area contributed by atoms with Gasteiger partial charge in [-0.2, -0.15) is 0 Å². The van der Waals surface area contributed by atoms with Crippen molar-refractivity contribution < 1.29 is 9.53 Å². The molecule has 1 amide bonds. The van der Waals surface area contributed by atoms with E-state index >= 15 is 0 Å². The molecule has 1 atom stereocenters. The highest BCUT2D eigenvalue weighted by Crippen LogP contribution is 2.25. The molecule has 0 N–H and O–H groups in total. The summed E-state index contributed by atoms with van der Waals surface area (Å²) < 4.78 is 4.92. The number of rotatable bonds is 3. The maximum atomic E-state index is 11.4. The predicted molar refractivity (Wildman–Crippen MR) is 42.3 cm³/mol. The lowest BCUT2D eigenvalue weighted by Crippen LogP contribution is -2.37. The fourth-order valence-electron chi connectivity index (χ4n) is 1.03. The zero-order valence-electron chi connectivity index (χ0n) is 7.33. The number of carbonyl (C=O) groups excluding carboxylic acids is 1. The van der Waals surface area contributed by atoms with Crippen molar-refractivity contribution in [1.82, 2.24) is 4.90 Å². The predicted octanol–water partition coefficient (Wildman–Crippen LogP) is 0.642. The van der Waals surface area contributed by atoms with Crippen LogP contribution in [-0.4, -0.2) is 37.1 Å². The van der Waals surface area contributed by atoms with Crippen molar-refractivity contribution in [2.75, 3.05) is 14.2 Å². The molecule has 64 valence electrons. The Morgan fingerprint density at radius 3 is 2.55 bits per heavy atom. The van der Waals surface area contributed by atoms with Gasteiger partial charge in [0.05, 0.1) is 0 Å². The Labute approximate surface area is 67.3 Å². The van der Waals surface area contributed by atoms with E-state index in [1.165, 1.54) is 0 Å². The van der Waals surface area contributed by atoms with Crippen LogP contribution in [0.15, 0.2) is 0 Å². The molecule has 1 saturated carbocycles. The Kier molecular flexibility index (Phi) is 2.49. The first-order valence-corrected chi connectivity index (χ1v) is 3.96. The first-order chi connectivity index (χ1) is 5.16. The van der Waals surface area contributed by atoms with Crippen LogP contribution in [0, 0.1) is 0 Å². The minimum absolute atomic E-state index is 0.0926. The van der Waals surface area contributed by atoms with Gasteiger partial charge in [0.25, 0.3) is 5.91 Å². The molecular formula is C8H15NO2. The average Bonchev–Trinajstić information content (AvgIpc) is 2.82. The molecule has 1 aliphatic carbocycles. The SMILES string of the molecule is COC(C)C(=O)N(C)C1CC1. The minimum Gasteiger partial charge on any atom is -0.372 e. The summed E-state index contributed by atoms with van der Waals surface area (Å²) in [4.78, 5) is 13.1. The lowest BCUT2D eigenvalue weighted by molar-refractivity contribution is -0.140. The fourth-order valence-corrected chi connectivity index (χ4v) is 1.03. The molecule has 1 rings (SSSR count). The zero-order chi connectivity index (χ0) is 8.43. The van der Waals surface area contributed by atoms with E-state index in [2.05, 4.69) is 0 Å². The largest absolute Gasteiger partial charge is 0.372 e. The van der Waals surface area contributed by atoms with Gasteiger partial charge >= 0.3 is 0 Å². The van der Waals surface area contributed by atoms with E-state index in [0.29, 0.717) is 6.04 Å². The maximum Gasteiger partial charge on any atom is 0.251 e. The smallest absolute Gasteiger partial charge is 0.251 e. The van der Waals surface area contributed by atoms with Crippen molar-refractivity contribution in [2.45, 2.75) is 31.9 Å². The van der Waals surface area contributed by atoms with Crippen LogP contribution < -0.4 is 0 Å². The Hall–Kier alpha value is -0.570. The van der Waals surface area contributed by atoms with Crippen LogP contribution in [0.3, 0.4) is 0 Å². The number of likely N-dealkylation sites (N-methyl/N-ethyl adjacent to an activating group) is 1. The minimum atomic E-state index is -0.291. The molecule has 0 radical (unpaired) electrons. The van der Waals surface area contributed by atoms with E-state index in [4.69, 9.17) is 4.74 Å². The van der Waals surface area contributed by atoms with Gasteiger partial charge in [-0.05, 0) is 19.8 Å². The van der Waals surface area contributed by atoms with Crippen LogP contribution in [-0.2, 0) is 9.53 Å². The van der Waals surface area contributed by atoms with Gasteiger partial charge in [-0.3, -0.25) is 4.79 Å². The van der Waals surface area contributed by atoms with Crippen LogP contribution in [0.2, 0.25) is 0 Å². The molecule has 1 fully saturated rings. The molecule has 11 heavy (non-hydrogen) atoms. The van der Waals surface area contributed by atoms with Crippen LogP contribution in [0.4, 0.5) is 0 Å². The number of hydrogen-bond donors (Lipinski definition) is 0. The monoisotopic (exact) mass is 157 g/mol. The molecule has 3 heteroatoms. The van der Waals surface area contributed by atoms with E-state index in [1.54, 1.807) is 18.9 Å². The number of amides is 1. The van der Waals surface area contributed by atoms with E-state index in [9.17, 15) is 4.79 Å². The van der Waals surface area contributed by atoms with Gasteiger partial charge in [0.2, 0.25) is 0 Å². The lowest BCUT2D eigenvalue weighted by atomic mass is 10.3. The highest BCUT2D eigenvalue weighted by molar-refractivity contribution is 5.80. The summed E-state index contributed by atoms with van der Waals surface area (Å²) in [5.41, 5.74) is 0. The number of hydrogen-bond acceptors (Lipinski definition) is 2. The van der Waals surface area contributed by atoms with Crippen molar-refractivity contribution >= 4 is 5.91 Å². The standard InChI is InChI=1S/C8H15NO2/c1-6(11-3)8(10)9(2)7-4-5-7/h6-7H,4-5H2,1-3H3. The molecule has 0 saturated heterocycles. The van der Waals surface area contributed by atoms with Gasteiger partial charge in [0.15, 0.2) is 0 Å². The number of carbonyl (C=O) groups is 1. The molecule has 1 unspecified atom stereocenters. The van der Waals surface area contributed by atoms with Gasteiger partial charge in [-0.15, -0.1) is 0 Å². The van der Waals surface area contributed by atoms with Crippen LogP contribution in [0.1, 0.15) is 19.8 Å². The van der Waals surface area contributed by atoms with Gasteiger partial charge in [0, 0.05) is 20.2 Å². The van der Waals surface area contributed by atoms with Crippen molar-refractivity contribution in [3.63, 3.8) is 0 Å². The van der Waals surface area contributed by atoms with Crippen LogP contribution in [0.25, 0.3) is 0 Å². The van der Waals surface area contributed by atoms with Gasteiger partial charge < -0.3 is 9.64 Å². The van der Waals surface area contributed by atoms with E-state index < -0.39 is 0 Å². The third-order valence-corrected chi connectivity index (χ3v) is 2.14. The Balaban J connectivity index is 2.38. The summed E-state index contributed by atoms with van der Waals surface area (Å²) in [5, 5.41) is 0. The number of nitrogens with zero attached hydrogens (tertiary/aromatic N) is 1.